The summed E-state index contributed by atoms with van der Waals surface area (Å²) >= 11 is 0. The lowest BCUT2D eigenvalue weighted by molar-refractivity contribution is 0.00499. The minimum Gasteiger partial charge on any atom is -0.377 e. The average Bonchev–Trinajstić information content (AvgIpc) is 2.41. The van der Waals surface area contributed by atoms with Gasteiger partial charge in [0.05, 0.1) is 6.10 Å². The maximum absolute atomic E-state index is 5.76. The molecule has 2 fully saturated rings. The van der Waals surface area contributed by atoms with Crippen molar-refractivity contribution < 1.29 is 4.74 Å². The molecule has 2 heterocycles. The second kappa shape index (κ2) is 8.13. The Bertz CT molecular complexity index is 215. The first-order chi connectivity index (χ1) is 8.88. The van der Waals surface area contributed by atoms with Gasteiger partial charge in [0, 0.05) is 13.2 Å². The Morgan fingerprint density at radius 1 is 0.944 bits per heavy atom. The van der Waals surface area contributed by atoms with E-state index < -0.39 is 0 Å². The zero-order valence-electron chi connectivity index (χ0n) is 12.1. The molecule has 2 aliphatic rings. The van der Waals surface area contributed by atoms with Gasteiger partial charge in [-0.05, 0) is 71.8 Å². The van der Waals surface area contributed by atoms with Crippen LogP contribution in [0.25, 0.3) is 0 Å². The quantitative estimate of drug-likeness (QED) is 0.724. The van der Waals surface area contributed by atoms with Crippen molar-refractivity contribution in [1.29, 1.82) is 0 Å². The Labute approximate surface area is 112 Å². The number of nitrogens with zero attached hydrogens (tertiary/aromatic N) is 2. The Kier molecular flexibility index (Phi) is 6.46. The van der Waals surface area contributed by atoms with Crippen LogP contribution >= 0.6 is 0 Å². The van der Waals surface area contributed by atoms with Crippen LogP contribution in [0.1, 0.15) is 45.4 Å². The van der Waals surface area contributed by atoms with Gasteiger partial charge in [-0.3, -0.25) is 0 Å². The number of likely N-dealkylation sites (tertiary alicyclic amines) is 2. The van der Waals surface area contributed by atoms with Crippen LogP contribution < -0.4 is 0 Å². The minimum atomic E-state index is 0.499. The van der Waals surface area contributed by atoms with Gasteiger partial charge in [-0.2, -0.15) is 0 Å². The molecule has 0 spiro atoms. The fourth-order valence-corrected chi connectivity index (χ4v) is 3.29. The highest BCUT2D eigenvalue weighted by atomic mass is 16.5. The lowest BCUT2D eigenvalue weighted by atomic mass is 10.1. The van der Waals surface area contributed by atoms with Gasteiger partial charge in [0.25, 0.3) is 0 Å². The van der Waals surface area contributed by atoms with Gasteiger partial charge < -0.3 is 14.5 Å². The number of hydrogen-bond donors (Lipinski definition) is 0. The van der Waals surface area contributed by atoms with Gasteiger partial charge in [0.1, 0.15) is 0 Å². The molecule has 0 bridgehead atoms. The van der Waals surface area contributed by atoms with Crippen LogP contribution in [0.4, 0.5) is 0 Å². The summed E-state index contributed by atoms with van der Waals surface area (Å²) in [6.07, 6.45) is 8.67. The van der Waals surface area contributed by atoms with E-state index in [0.29, 0.717) is 6.10 Å². The summed E-state index contributed by atoms with van der Waals surface area (Å²) in [4.78, 5) is 5.25. The van der Waals surface area contributed by atoms with Gasteiger partial charge in [-0.15, -0.1) is 0 Å². The second-order valence-electron chi connectivity index (χ2n) is 5.78. The van der Waals surface area contributed by atoms with Crippen LogP contribution in [0, 0.1) is 0 Å². The third-order valence-electron chi connectivity index (χ3n) is 4.26. The molecule has 2 saturated heterocycles. The molecule has 18 heavy (non-hydrogen) atoms. The van der Waals surface area contributed by atoms with E-state index in [1.54, 1.807) is 0 Å². The Morgan fingerprint density at radius 3 is 2.44 bits per heavy atom. The van der Waals surface area contributed by atoms with E-state index >= 15 is 0 Å². The first-order valence-corrected chi connectivity index (χ1v) is 7.95. The van der Waals surface area contributed by atoms with Gasteiger partial charge in [0.2, 0.25) is 0 Å². The normalized spacial score (nSPS) is 27.5. The van der Waals surface area contributed by atoms with E-state index in [-0.39, 0.29) is 0 Å². The molecular formula is C15H30N2O. The summed E-state index contributed by atoms with van der Waals surface area (Å²) in [6.45, 7) is 10.7. The first-order valence-electron chi connectivity index (χ1n) is 7.95. The van der Waals surface area contributed by atoms with Crippen LogP contribution in [0.15, 0.2) is 0 Å². The Morgan fingerprint density at radius 2 is 1.67 bits per heavy atom. The van der Waals surface area contributed by atoms with Gasteiger partial charge in [-0.1, -0.05) is 6.42 Å². The summed E-state index contributed by atoms with van der Waals surface area (Å²) in [6, 6.07) is 0. The highest BCUT2D eigenvalue weighted by Crippen LogP contribution is 2.14. The van der Waals surface area contributed by atoms with Crippen molar-refractivity contribution in [1.82, 2.24) is 9.80 Å². The summed E-state index contributed by atoms with van der Waals surface area (Å²) in [5.41, 5.74) is 0. The molecule has 0 unspecified atom stereocenters. The number of rotatable bonds is 6. The molecule has 3 nitrogen and oxygen atoms in total. The second-order valence-corrected chi connectivity index (χ2v) is 5.78. The molecule has 0 radical (unpaired) electrons. The maximum Gasteiger partial charge on any atom is 0.0702 e. The summed E-state index contributed by atoms with van der Waals surface area (Å²) in [5.74, 6) is 0. The topological polar surface area (TPSA) is 15.7 Å². The lowest BCUT2D eigenvalue weighted by Gasteiger charge is -2.33. The third-order valence-corrected chi connectivity index (χ3v) is 4.26. The van der Waals surface area contributed by atoms with Gasteiger partial charge in [-0.25, -0.2) is 0 Å². The van der Waals surface area contributed by atoms with Crippen molar-refractivity contribution in [2.45, 2.75) is 51.6 Å². The highest BCUT2D eigenvalue weighted by Gasteiger charge is 2.19. The van der Waals surface area contributed by atoms with Crippen LogP contribution in [-0.2, 0) is 4.74 Å². The molecule has 1 atom stereocenters. The van der Waals surface area contributed by atoms with E-state index in [1.165, 1.54) is 71.2 Å². The zero-order valence-corrected chi connectivity index (χ0v) is 12.1. The van der Waals surface area contributed by atoms with E-state index in [0.717, 1.165) is 13.2 Å². The van der Waals surface area contributed by atoms with Crippen molar-refractivity contribution in [3.8, 4) is 0 Å². The maximum atomic E-state index is 5.76. The predicted molar refractivity (Wildman–Crippen MR) is 76.0 cm³/mol. The van der Waals surface area contributed by atoms with Crippen LogP contribution in [0.5, 0.6) is 0 Å². The monoisotopic (exact) mass is 254 g/mol. The Balaban J connectivity index is 1.57. The van der Waals surface area contributed by atoms with E-state index in [2.05, 4.69) is 16.7 Å². The first kappa shape index (κ1) is 14.3. The standard InChI is InChI=1S/C15H30N2O/c1-2-18-15-8-6-11-17(14-15)13-7-12-16-9-4-3-5-10-16/h15H,2-14H2,1H3/t15-/m1/s1. The molecular weight excluding hydrogens is 224 g/mol. The van der Waals surface area contributed by atoms with Gasteiger partial charge >= 0.3 is 0 Å². The van der Waals surface area contributed by atoms with Crippen LogP contribution in [0.2, 0.25) is 0 Å². The fourth-order valence-electron chi connectivity index (χ4n) is 3.29. The molecule has 0 aromatic rings. The van der Waals surface area contributed by atoms with Crippen LogP contribution in [0.3, 0.4) is 0 Å². The smallest absolute Gasteiger partial charge is 0.0702 e. The highest BCUT2D eigenvalue weighted by molar-refractivity contribution is 4.74. The molecule has 0 aromatic carbocycles. The summed E-state index contributed by atoms with van der Waals surface area (Å²) in [5, 5.41) is 0. The molecule has 2 aliphatic heterocycles. The Hall–Kier alpha value is -0.120. The van der Waals surface area contributed by atoms with E-state index in [1.807, 2.05) is 0 Å². The van der Waals surface area contributed by atoms with Crippen molar-refractivity contribution in [3.05, 3.63) is 0 Å². The summed E-state index contributed by atoms with van der Waals surface area (Å²) in [7, 11) is 0. The number of ether oxygens (including phenoxy) is 1. The van der Waals surface area contributed by atoms with Crippen LogP contribution in [-0.4, -0.2) is 61.8 Å². The predicted octanol–water partition coefficient (Wildman–Crippen LogP) is 2.36. The average molecular weight is 254 g/mol. The molecule has 0 aliphatic carbocycles. The third kappa shape index (κ3) is 4.87. The SMILES string of the molecule is CCO[C@@H]1CCCN(CCCN2CCCCC2)C1. The molecule has 106 valence electrons. The molecule has 2 rings (SSSR count). The van der Waals surface area contributed by atoms with E-state index in [9.17, 15) is 0 Å². The summed E-state index contributed by atoms with van der Waals surface area (Å²) < 4.78 is 5.76. The van der Waals surface area contributed by atoms with Crippen molar-refractivity contribution in [2.24, 2.45) is 0 Å². The van der Waals surface area contributed by atoms with Crippen molar-refractivity contribution in [3.63, 3.8) is 0 Å². The molecule has 0 saturated carbocycles. The molecule has 0 amide bonds. The van der Waals surface area contributed by atoms with Crippen molar-refractivity contribution in [2.75, 3.05) is 45.9 Å². The molecule has 0 N–H and O–H groups in total. The fraction of sp³-hybridized carbons (Fsp3) is 1.00. The largest absolute Gasteiger partial charge is 0.377 e. The van der Waals surface area contributed by atoms with Crippen molar-refractivity contribution >= 4 is 0 Å². The minimum absolute atomic E-state index is 0.499. The number of piperidine rings is 2. The van der Waals surface area contributed by atoms with E-state index in [4.69, 9.17) is 4.74 Å². The molecule has 0 aromatic heterocycles. The van der Waals surface area contributed by atoms with Gasteiger partial charge in [0.15, 0.2) is 0 Å². The lowest BCUT2D eigenvalue weighted by Crippen LogP contribution is -2.41. The zero-order chi connectivity index (χ0) is 12.6. The molecule has 3 heteroatoms. The number of hydrogen-bond acceptors (Lipinski definition) is 3.